The first-order chi connectivity index (χ1) is 17.3. The Morgan fingerprint density at radius 2 is 1.81 bits per heavy atom. The lowest BCUT2D eigenvalue weighted by atomic mass is 10.1. The third kappa shape index (κ3) is 7.07. The van der Waals surface area contributed by atoms with Gasteiger partial charge in [-0.3, -0.25) is 9.78 Å². The Bertz CT molecular complexity index is 1130. The Balaban J connectivity index is 1.25. The van der Waals surface area contributed by atoms with E-state index in [1.54, 1.807) is 4.90 Å². The predicted molar refractivity (Wildman–Crippen MR) is 132 cm³/mol. The molecule has 0 bridgehead atoms. The highest BCUT2D eigenvalue weighted by Crippen LogP contribution is 2.29. The van der Waals surface area contributed by atoms with Gasteiger partial charge in [-0.15, -0.1) is 0 Å². The smallest absolute Gasteiger partial charge is 0.416 e. The molecule has 2 heterocycles. The second-order valence-corrected chi connectivity index (χ2v) is 9.14. The molecule has 0 N–H and O–H groups in total. The van der Waals surface area contributed by atoms with Crippen molar-refractivity contribution in [3.05, 3.63) is 95.3 Å². The number of rotatable bonds is 8. The number of likely N-dealkylation sites (tertiary alicyclic amines) is 1. The van der Waals surface area contributed by atoms with Crippen LogP contribution in [0.4, 0.5) is 13.2 Å². The molecule has 1 aliphatic heterocycles. The SMILES string of the molecule is CN(CCc1ccccn1)Cc1cccc(OC2CCN(C(=O)c3ccc(C(F)(F)F)cc3)CC2)c1. The molecular formula is C28H30F3N3O2. The zero-order valence-corrected chi connectivity index (χ0v) is 20.2. The molecule has 36 heavy (non-hydrogen) atoms. The molecule has 5 nitrogen and oxygen atoms in total. The van der Waals surface area contributed by atoms with E-state index >= 15 is 0 Å². The summed E-state index contributed by atoms with van der Waals surface area (Å²) in [6.07, 6.45) is -0.397. The molecular weight excluding hydrogens is 467 g/mol. The normalized spacial score (nSPS) is 14.8. The fourth-order valence-electron chi connectivity index (χ4n) is 4.31. The molecule has 1 saturated heterocycles. The number of nitrogens with zero attached hydrogens (tertiary/aromatic N) is 3. The van der Waals surface area contributed by atoms with E-state index in [4.69, 9.17) is 4.74 Å². The minimum Gasteiger partial charge on any atom is -0.490 e. The van der Waals surface area contributed by atoms with Crippen LogP contribution in [0, 0.1) is 0 Å². The van der Waals surface area contributed by atoms with E-state index in [1.807, 2.05) is 36.5 Å². The molecule has 0 saturated carbocycles. The number of ether oxygens (including phenoxy) is 1. The zero-order chi connectivity index (χ0) is 25.5. The minimum atomic E-state index is -4.41. The van der Waals surface area contributed by atoms with Crippen molar-refractivity contribution in [2.24, 2.45) is 0 Å². The van der Waals surface area contributed by atoms with Crippen molar-refractivity contribution in [3.8, 4) is 5.75 Å². The Hall–Kier alpha value is -3.39. The van der Waals surface area contributed by atoms with E-state index in [1.165, 1.54) is 12.1 Å². The van der Waals surface area contributed by atoms with Crippen molar-refractivity contribution >= 4 is 5.91 Å². The van der Waals surface area contributed by atoms with Gasteiger partial charge in [-0.05, 0) is 61.1 Å². The van der Waals surface area contributed by atoms with Gasteiger partial charge in [-0.25, -0.2) is 0 Å². The topological polar surface area (TPSA) is 45.7 Å². The van der Waals surface area contributed by atoms with E-state index < -0.39 is 11.7 Å². The van der Waals surface area contributed by atoms with Crippen molar-refractivity contribution in [3.63, 3.8) is 0 Å². The predicted octanol–water partition coefficient (Wildman–Crippen LogP) is 5.46. The summed E-state index contributed by atoms with van der Waals surface area (Å²) in [5.74, 6) is 0.552. The number of piperidine rings is 1. The Morgan fingerprint density at radius 3 is 2.47 bits per heavy atom. The van der Waals surface area contributed by atoms with Gasteiger partial charge in [0.2, 0.25) is 0 Å². The van der Waals surface area contributed by atoms with Gasteiger partial charge in [-0.2, -0.15) is 13.2 Å². The zero-order valence-electron chi connectivity index (χ0n) is 20.2. The van der Waals surface area contributed by atoms with Gasteiger partial charge in [0, 0.05) is 62.9 Å². The molecule has 1 amide bonds. The van der Waals surface area contributed by atoms with Crippen molar-refractivity contribution in [2.75, 3.05) is 26.7 Å². The van der Waals surface area contributed by atoms with Crippen LogP contribution in [0.25, 0.3) is 0 Å². The van der Waals surface area contributed by atoms with Crippen LogP contribution in [0.15, 0.2) is 72.9 Å². The first kappa shape index (κ1) is 25.7. The molecule has 1 aliphatic rings. The van der Waals surface area contributed by atoms with Gasteiger partial charge in [-0.1, -0.05) is 18.2 Å². The second-order valence-electron chi connectivity index (χ2n) is 9.14. The van der Waals surface area contributed by atoms with E-state index in [-0.39, 0.29) is 17.6 Å². The largest absolute Gasteiger partial charge is 0.490 e. The van der Waals surface area contributed by atoms with Gasteiger partial charge in [0.05, 0.1) is 5.56 Å². The molecule has 0 atom stereocenters. The maximum absolute atomic E-state index is 12.8. The number of pyridine rings is 1. The fraction of sp³-hybridized carbons (Fsp3) is 0.357. The van der Waals surface area contributed by atoms with Crippen molar-refractivity contribution in [2.45, 2.75) is 38.1 Å². The average Bonchev–Trinajstić information content (AvgIpc) is 2.88. The third-order valence-corrected chi connectivity index (χ3v) is 6.32. The summed E-state index contributed by atoms with van der Waals surface area (Å²) in [6.45, 7) is 2.69. The van der Waals surface area contributed by atoms with Crippen LogP contribution in [0.3, 0.4) is 0 Å². The van der Waals surface area contributed by atoms with Crippen LogP contribution < -0.4 is 4.74 Å². The first-order valence-corrected chi connectivity index (χ1v) is 12.1. The number of hydrogen-bond donors (Lipinski definition) is 0. The van der Waals surface area contributed by atoms with E-state index in [0.29, 0.717) is 25.9 Å². The molecule has 190 valence electrons. The molecule has 3 aromatic rings. The molecule has 0 unspecified atom stereocenters. The first-order valence-electron chi connectivity index (χ1n) is 12.1. The summed E-state index contributed by atoms with van der Waals surface area (Å²) in [5.41, 5.74) is 1.74. The molecule has 8 heteroatoms. The van der Waals surface area contributed by atoms with Crippen LogP contribution in [-0.2, 0) is 19.1 Å². The average molecular weight is 498 g/mol. The standard InChI is InChI=1S/C28H30F3N3O2/c1-33(16-12-24-6-2-3-15-32-24)20-21-5-4-7-26(19-21)36-25-13-17-34(18-14-25)27(35)22-8-10-23(11-9-22)28(29,30)31/h2-11,15,19,25H,12-14,16-18,20H2,1H3. The number of alkyl halides is 3. The van der Waals surface area contributed by atoms with Gasteiger partial charge < -0.3 is 14.5 Å². The molecule has 2 aromatic carbocycles. The Labute approximate surface area is 209 Å². The van der Waals surface area contributed by atoms with Crippen LogP contribution >= 0.6 is 0 Å². The number of likely N-dealkylation sites (N-methyl/N-ethyl adjacent to an activating group) is 1. The number of carbonyl (C=O) groups excluding carboxylic acids is 1. The Kier molecular flexibility index (Phi) is 8.25. The van der Waals surface area contributed by atoms with Gasteiger partial charge in [0.25, 0.3) is 5.91 Å². The Morgan fingerprint density at radius 1 is 1.06 bits per heavy atom. The molecule has 0 radical (unpaired) electrons. The number of hydrogen-bond acceptors (Lipinski definition) is 4. The summed E-state index contributed by atoms with van der Waals surface area (Å²) >= 11 is 0. The highest BCUT2D eigenvalue weighted by atomic mass is 19.4. The van der Waals surface area contributed by atoms with Gasteiger partial charge >= 0.3 is 6.18 Å². The number of carbonyl (C=O) groups is 1. The lowest BCUT2D eigenvalue weighted by Gasteiger charge is -2.32. The molecule has 4 rings (SSSR count). The monoisotopic (exact) mass is 497 g/mol. The number of benzene rings is 2. The van der Waals surface area contributed by atoms with Crippen LogP contribution in [-0.4, -0.2) is 53.5 Å². The molecule has 1 aromatic heterocycles. The summed E-state index contributed by atoms with van der Waals surface area (Å²) in [7, 11) is 2.08. The summed E-state index contributed by atoms with van der Waals surface area (Å²) in [6, 6.07) is 18.4. The van der Waals surface area contributed by atoms with Crippen LogP contribution in [0.1, 0.15) is 40.0 Å². The lowest BCUT2D eigenvalue weighted by molar-refractivity contribution is -0.137. The van der Waals surface area contributed by atoms with Crippen LogP contribution in [0.2, 0.25) is 0 Å². The highest BCUT2D eigenvalue weighted by Gasteiger charge is 2.31. The lowest BCUT2D eigenvalue weighted by Crippen LogP contribution is -2.41. The second kappa shape index (κ2) is 11.6. The fourth-order valence-corrected chi connectivity index (χ4v) is 4.31. The number of aromatic nitrogens is 1. The maximum Gasteiger partial charge on any atom is 0.416 e. The van der Waals surface area contributed by atoms with E-state index in [0.717, 1.165) is 48.6 Å². The summed E-state index contributed by atoms with van der Waals surface area (Å²) in [4.78, 5) is 21.0. The van der Waals surface area contributed by atoms with E-state index in [2.05, 4.69) is 29.1 Å². The molecule has 0 aliphatic carbocycles. The molecule has 0 spiro atoms. The quantitative estimate of drug-likeness (QED) is 0.415. The van der Waals surface area contributed by atoms with E-state index in [9.17, 15) is 18.0 Å². The third-order valence-electron chi connectivity index (χ3n) is 6.32. The van der Waals surface area contributed by atoms with Crippen LogP contribution in [0.5, 0.6) is 5.75 Å². The summed E-state index contributed by atoms with van der Waals surface area (Å²) < 4.78 is 44.5. The molecule has 1 fully saturated rings. The summed E-state index contributed by atoms with van der Waals surface area (Å²) in [5, 5.41) is 0. The van der Waals surface area contributed by atoms with Crippen molar-refractivity contribution < 1.29 is 22.7 Å². The van der Waals surface area contributed by atoms with Crippen molar-refractivity contribution in [1.29, 1.82) is 0 Å². The highest BCUT2D eigenvalue weighted by molar-refractivity contribution is 5.94. The van der Waals surface area contributed by atoms with Gasteiger partial charge in [0.15, 0.2) is 0 Å². The van der Waals surface area contributed by atoms with Crippen molar-refractivity contribution in [1.82, 2.24) is 14.8 Å². The maximum atomic E-state index is 12.8. The number of halogens is 3. The van der Waals surface area contributed by atoms with Gasteiger partial charge in [0.1, 0.15) is 11.9 Å². The minimum absolute atomic E-state index is 0.0150. The number of amides is 1.